The lowest BCUT2D eigenvalue weighted by Crippen LogP contribution is -2.74. The monoisotopic (exact) mass is 654 g/mol. The smallest absolute Gasteiger partial charge is 0.333 e. The van der Waals surface area contributed by atoms with E-state index in [9.17, 15) is 19.2 Å². The Kier molecular flexibility index (Phi) is 7.85. The SMILES string of the molecule is C/C=C(\C)C(=O)O[C@@H]1C[C@@H]2C(C)(C)OC(=O)C[C@H](OC(C)=O)[C@]2(C)[C@@H]2C[C@H](OC(=O)C(C)C)[C@]3(C)[C@H](c4ccoc4)C[C@@H]4O[C@]43[C@@]12C. The van der Waals surface area contributed by atoms with Crippen molar-refractivity contribution < 1.29 is 47.3 Å². The van der Waals surface area contributed by atoms with Gasteiger partial charge >= 0.3 is 23.9 Å². The number of carbonyl (C=O) groups excluding carboxylic acids is 4. The number of rotatable bonds is 6. The highest BCUT2D eigenvalue weighted by atomic mass is 16.6. The molecule has 2 saturated heterocycles. The summed E-state index contributed by atoms with van der Waals surface area (Å²) in [5.41, 5.74) is -2.83. The lowest BCUT2D eigenvalue weighted by Gasteiger charge is -2.68. The molecule has 258 valence electrons. The maximum absolute atomic E-state index is 13.6. The van der Waals surface area contributed by atoms with Crippen LogP contribution in [0.25, 0.3) is 0 Å². The van der Waals surface area contributed by atoms with Crippen LogP contribution in [-0.4, -0.2) is 59.5 Å². The molecule has 0 aromatic carbocycles. The Bertz CT molecular complexity index is 1490. The molecular formula is C37H50O10. The van der Waals surface area contributed by atoms with Gasteiger partial charge < -0.3 is 28.1 Å². The number of hydrogen-bond acceptors (Lipinski definition) is 10. The summed E-state index contributed by atoms with van der Waals surface area (Å²) in [5.74, 6) is -2.90. The van der Waals surface area contributed by atoms with Crippen LogP contribution in [0, 0.1) is 34.0 Å². The molecule has 1 aromatic heterocycles. The van der Waals surface area contributed by atoms with E-state index in [1.807, 2.05) is 33.8 Å². The Morgan fingerprint density at radius 3 is 2.17 bits per heavy atom. The van der Waals surface area contributed by atoms with Gasteiger partial charge in [0.2, 0.25) is 0 Å². The van der Waals surface area contributed by atoms with E-state index >= 15 is 0 Å². The van der Waals surface area contributed by atoms with Crippen molar-refractivity contribution >= 4 is 23.9 Å². The number of carbonyl (C=O) groups is 4. The van der Waals surface area contributed by atoms with Gasteiger partial charge in [0.1, 0.15) is 29.5 Å². The topological polar surface area (TPSA) is 131 Å². The van der Waals surface area contributed by atoms with Gasteiger partial charge in [0.05, 0.1) is 31.0 Å². The average molecular weight is 655 g/mol. The molecule has 11 atom stereocenters. The average Bonchev–Trinajstić information content (AvgIpc) is 3.35. The van der Waals surface area contributed by atoms with E-state index in [1.54, 1.807) is 32.4 Å². The van der Waals surface area contributed by atoms with Gasteiger partial charge in [0, 0.05) is 40.6 Å². The molecule has 5 fully saturated rings. The first-order valence-corrected chi connectivity index (χ1v) is 17.0. The van der Waals surface area contributed by atoms with E-state index in [0.29, 0.717) is 24.8 Å². The molecule has 47 heavy (non-hydrogen) atoms. The van der Waals surface area contributed by atoms with Crippen LogP contribution < -0.4 is 0 Å². The third-order valence-corrected chi connectivity index (χ3v) is 13.2. The molecule has 2 aliphatic heterocycles. The minimum Gasteiger partial charge on any atom is -0.472 e. The predicted molar refractivity (Wildman–Crippen MR) is 169 cm³/mol. The highest BCUT2D eigenvalue weighted by molar-refractivity contribution is 5.87. The molecule has 0 N–H and O–H groups in total. The fraction of sp³-hybridized carbons (Fsp3) is 0.730. The van der Waals surface area contributed by atoms with E-state index in [4.69, 9.17) is 28.1 Å². The molecule has 0 unspecified atom stereocenters. The minimum absolute atomic E-state index is 0.0679. The van der Waals surface area contributed by atoms with Crippen LogP contribution in [0.5, 0.6) is 0 Å². The van der Waals surface area contributed by atoms with Crippen LogP contribution in [0.15, 0.2) is 34.7 Å². The molecule has 3 heterocycles. The summed E-state index contributed by atoms with van der Waals surface area (Å²) >= 11 is 0. The third kappa shape index (κ3) is 4.52. The van der Waals surface area contributed by atoms with Crippen molar-refractivity contribution in [2.45, 2.75) is 136 Å². The lowest BCUT2D eigenvalue weighted by molar-refractivity contribution is -0.284. The Labute approximate surface area is 277 Å². The molecule has 6 rings (SSSR count). The van der Waals surface area contributed by atoms with Gasteiger partial charge in [-0.1, -0.05) is 40.7 Å². The fourth-order valence-electron chi connectivity index (χ4n) is 10.9. The molecule has 3 saturated carbocycles. The second kappa shape index (κ2) is 10.9. The number of epoxide rings is 1. The number of ether oxygens (including phenoxy) is 5. The number of cyclic esters (lactones) is 1. The molecule has 10 heteroatoms. The Hall–Kier alpha value is -3.14. The molecule has 10 nitrogen and oxygen atoms in total. The zero-order chi connectivity index (χ0) is 34.5. The van der Waals surface area contributed by atoms with Crippen molar-refractivity contribution in [2.24, 2.45) is 34.0 Å². The summed E-state index contributed by atoms with van der Waals surface area (Å²) in [7, 11) is 0. The van der Waals surface area contributed by atoms with Crippen LogP contribution in [0.2, 0.25) is 0 Å². The quantitative estimate of drug-likeness (QED) is 0.154. The van der Waals surface area contributed by atoms with E-state index in [2.05, 4.69) is 20.8 Å². The van der Waals surface area contributed by atoms with Crippen LogP contribution in [0.4, 0.5) is 0 Å². The van der Waals surface area contributed by atoms with Crippen molar-refractivity contribution in [1.29, 1.82) is 0 Å². The van der Waals surface area contributed by atoms with E-state index in [0.717, 1.165) is 5.56 Å². The van der Waals surface area contributed by atoms with Gasteiger partial charge in [-0.3, -0.25) is 14.4 Å². The van der Waals surface area contributed by atoms with Gasteiger partial charge in [0.15, 0.2) is 0 Å². The van der Waals surface area contributed by atoms with E-state index < -0.39 is 69.6 Å². The summed E-state index contributed by atoms with van der Waals surface area (Å²) in [6.07, 6.45) is 4.12. The third-order valence-electron chi connectivity index (χ3n) is 13.2. The largest absolute Gasteiger partial charge is 0.472 e. The maximum atomic E-state index is 13.6. The van der Waals surface area contributed by atoms with Gasteiger partial charge in [-0.15, -0.1) is 0 Å². The minimum atomic E-state index is -0.996. The second-order valence-corrected chi connectivity index (χ2v) is 16.0. The van der Waals surface area contributed by atoms with E-state index in [1.165, 1.54) is 6.92 Å². The number of furan rings is 1. The summed E-state index contributed by atoms with van der Waals surface area (Å²) in [6.45, 7) is 18.6. The summed E-state index contributed by atoms with van der Waals surface area (Å²) in [5, 5.41) is 0. The van der Waals surface area contributed by atoms with Crippen molar-refractivity contribution in [3.05, 3.63) is 35.8 Å². The molecule has 0 radical (unpaired) electrons. The summed E-state index contributed by atoms with van der Waals surface area (Å²) in [4.78, 5) is 53.2. The summed E-state index contributed by atoms with van der Waals surface area (Å²) < 4.78 is 37.8. The fourth-order valence-corrected chi connectivity index (χ4v) is 10.9. The summed E-state index contributed by atoms with van der Waals surface area (Å²) in [6, 6.07) is 1.96. The van der Waals surface area contributed by atoms with Crippen molar-refractivity contribution in [2.75, 3.05) is 0 Å². The van der Waals surface area contributed by atoms with Gasteiger partial charge in [-0.05, 0) is 64.5 Å². The zero-order valence-corrected chi connectivity index (χ0v) is 29.3. The normalized spacial score (nSPS) is 43.3. The molecular weight excluding hydrogens is 604 g/mol. The number of allylic oxidation sites excluding steroid dienone is 1. The van der Waals surface area contributed by atoms with Crippen LogP contribution in [-0.2, 0) is 42.9 Å². The molecule has 0 bridgehead atoms. The Morgan fingerprint density at radius 1 is 0.915 bits per heavy atom. The predicted octanol–water partition coefficient (Wildman–Crippen LogP) is 6.07. The molecule has 1 aromatic rings. The zero-order valence-electron chi connectivity index (χ0n) is 29.3. The van der Waals surface area contributed by atoms with Crippen molar-refractivity contribution in [1.82, 2.24) is 0 Å². The van der Waals surface area contributed by atoms with Crippen LogP contribution in [0.1, 0.15) is 106 Å². The first-order valence-electron chi connectivity index (χ1n) is 17.0. The van der Waals surface area contributed by atoms with Gasteiger partial charge in [0.25, 0.3) is 0 Å². The Balaban J connectivity index is 1.61. The highest BCUT2D eigenvalue weighted by Crippen LogP contribution is 2.82. The van der Waals surface area contributed by atoms with Crippen molar-refractivity contribution in [3.8, 4) is 0 Å². The molecule has 5 aliphatic rings. The first kappa shape index (κ1) is 33.7. The maximum Gasteiger partial charge on any atom is 0.333 e. The first-order chi connectivity index (χ1) is 21.9. The standard InChI is InChI=1S/C37H50O10/c1-11-20(4)32(41)45-28-15-24-33(6,7)47-30(39)17-26(43-21(5)38)34(24,8)25-16-27(44-31(40)19(2)3)35(9)23(22-12-13-42-18-22)14-29-37(35,46-29)36(25,28)10/h11-13,18-19,23-29H,14-17H2,1-10H3/b20-11+/t23-,24+,25-,26-,27-,28+,29-,34-,35-,36+,37+/m0/s1. The number of hydrogen-bond donors (Lipinski definition) is 0. The van der Waals surface area contributed by atoms with E-state index in [-0.39, 0.29) is 36.2 Å². The van der Waals surface area contributed by atoms with Crippen molar-refractivity contribution in [3.63, 3.8) is 0 Å². The number of fused-ring (bicyclic) bond motifs is 3. The Morgan fingerprint density at radius 2 is 1.57 bits per heavy atom. The molecule has 1 spiro atoms. The van der Waals surface area contributed by atoms with Crippen LogP contribution in [0.3, 0.4) is 0 Å². The van der Waals surface area contributed by atoms with Gasteiger partial charge in [-0.2, -0.15) is 0 Å². The lowest BCUT2D eigenvalue weighted by atomic mass is 9.37. The highest BCUT2D eigenvalue weighted by Gasteiger charge is 2.90. The van der Waals surface area contributed by atoms with Crippen LogP contribution >= 0.6 is 0 Å². The van der Waals surface area contributed by atoms with Gasteiger partial charge in [-0.25, -0.2) is 4.79 Å². The second-order valence-electron chi connectivity index (χ2n) is 16.0. The molecule has 3 aliphatic carbocycles. The molecule has 0 amide bonds. The number of esters is 4.